The van der Waals surface area contributed by atoms with E-state index in [4.69, 9.17) is 4.74 Å². The summed E-state index contributed by atoms with van der Waals surface area (Å²) in [6.45, 7) is 6.95. The van der Waals surface area contributed by atoms with Gasteiger partial charge in [-0.25, -0.2) is 4.79 Å². The molecule has 2 aliphatic rings. The number of carbonyl (C=O) groups excluding carboxylic acids is 2. The van der Waals surface area contributed by atoms with Crippen molar-refractivity contribution in [1.82, 2.24) is 4.90 Å². The lowest BCUT2D eigenvalue weighted by atomic mass is 10.1. The number of ketones is 1. The Bertz CT molecular complexity index is 576. The molecule has 2 fully saturated rings. The summed E-state index contributed by atoms with van der Waals surface area (Å²) in [6, 6.07) is 9.45. The number of fused-ring (bicyclic) bond motifs is 1. The van der Waals surface area contributed by atoms with E-state index in [0.717, 1.165) is 12.0 Å². The summed E-state index contributed by atoms with van der Waals surface area (Å²) >= 11 is 0. The lowest BCUT2D eigenvalue weighted by molar-refractivity contribution is 0.0206. The second-order valence-electron chi connectivity index (χ2n) is 7.30. The molecule has 3 atom stereocenters. The zero-order valence-corrected chi connectivity index (χ0v) is 13.4. The maximum absolute atomic E-state index is 12.5. The van der Waals surface area contributed by atoms with E-state index >= 15 is 0 Å². The first kappa shape index (κ1) is 15.1. The Morgan fingerprint density at radius 2 is 1.82 bits per heavy atom. The van der Waals surface area contributed by atoms with Gasteiger partial charge in [-0.1, -0.05) is 30.3 Å². The summed E-state index contributed by atoms with van der Waals surface area (Å²) in [6.07, 6.45) is 0.636. The van der Waals surface area contributed by atoms with Gasteiger partial charge in [-0.3, -0.25) is 4.79 Å². The molecule has 1 aliphatic heterocycles. The van der Waals surface area contributed by atoms with Crippen LogP contribution in [0.2, 0.25) is 0 Å². The zero-order chi connectivity index (χ0) is 15.9. The molecule has 22 heavy (non-hydrogen) atoms. The molecule has 1 aliphatic carbocycles. The number of ether oxygens (including phenoxy) is 1. The molecule has 1 saturated carbocycles. The molecule has 118 valence electrons. The summed E-state index contributed by atoms with van der Waals surface area (Å²) in [5, 5.41) is 0. The van der Waals surface area contributed by atoms with Crippen LogP contribution in [-0.4, -0.2) is 35.5 Å². The van der Waals surface area contributed by atoms with E-state index in [0.29, 0.717) is 24.9 Å². The van der Waals surface area contributed by atoms with Crippen LogP contribution in [0.1, 0.15) is 37.6 Å². The SMILES string of the molecule is CC(C)(C)OC(=O)N1CC[C@H]2[C@@H](C1)[C@@H]2C(=O)c1ccccc1. The standard InChI is InChI=1S/C18H23NO3/c1-18(2,3)22-17(21)19-10-9-13-14(11-19)15(13)16(20)12-7-5-4-6-8-12/h4-8,13-15H,9-11H2,1-3H3/t13-,14+,15+/m0/s1. The van der Waals surface area contributed by atoms with Crippen LogP contribution < -0.4 is 0 Å². The van der Waals surface area contributed by atoms with Gasteiger partial charge in [-0.15, -0.1) is 0 Å². The van der Waals surface area contributed by atoms with Crippen molar-refractivity contribution in [2.75, 3.05) is 13.1 Å². The number of nitrogens with zero attached hydrogens (tertiary/aromatic N) is 1. The third-order valence-corrected chi connectivity index (χ3v) is 4.51. The molecule has 4 nitrogen and oxygen atoms in total. The minimum atomic E-state index is -0.475. The molecule has 1 saturated heterocycles. The first-order chi connectivity index (χ1) is 10.4. The number of hydrogen-bond acceptors (Lipinski definition) is 3. The van der Waals surface area contributed by atoms with Gasteiger partial charge in [-0.05, 0) is 39.0 Å². The Hall–Kier alpha value is -1.84. The number of amides is 1. The molecule has 1 amide bonds. The minimum Gasteiger partial charge on any atom is -0.444 e. The van der Waals surface area contributed by atoms with Crippen molar-refractivity contribution in [3.05, 3.63) is 35.9 Å². The number of likely N-dealkylation sites (tertiary alicyclic amines) is 1. The highest BCUT2D eigenvalue weighted by Crippen LogP contribution is 2.53. The zero-order valence-electron chi connectivity index (χ0n) is 13.4. The lowest BCUT2D eigenvalue weighted by Crippen LogP contribution is -2.40. The van der Waals surface area contributed by atoms with Crippen LogP contribution in [0.5, 0.6) is 0 Å². The quantitative estimate of drug-likeness (QED) is 0.787. The minimum absolute atomic E-state index is 0.0786. The number of hydrogen-bond donors (Lipinski definition) is 0. The van der Waals surface area contributed by atoms with Crippen LogP contribution in [0, 0.1) is 17.8 Å². The van der Waals surface area contributed by atoms with E-state index in [1.807, 2.05) is 51.1 Å². The lowest BCUT2D eigenvalue weighted by Gasteiger charge is -2.29. The Morgan fingerprint density at radius 1 is 1.14 bits per heavy atom. The normalized spacial score (nSPS) is 27.0. The molecule has 1 aromatic rings. The fourth-order valence-electron chi connectivity index (χ4n) is 3.41. The fraction of sp³-hybridized carbons (Fsp3) is 0.556. The summed E-state index contributed by atoms with van der Waals surface area (Å²) in [7, 11) is 0. The van der Waals surface area contributed by atoms with E-state index in [-0.39, 0.29) is 17.8 Å². The van der Waals surface area contributed by atoms with Crippen molar-refractivity contribution in [2.24, 2.45) is 17.8 Å². The van der Waals surface area contributed by atoms with Gasteiger partial charge in [0.25, 0.3) is 0 Å². The molecular weight excluding hydrogens is 278 g/mol. The van der Waals surface area contributed by atoms with Crippen LogP contribution in [0.25, 0.3) is 0 Å². The van der Waals surface area contributed by atoms with Crippen molar-refractivity contribution >= 4 is 11.9 Å². The smallest absolute Gasteiger partial charge is 0.410 e. The third-order valence-electron chi connectivity index (χ3n) is 4.51. The van der Waals surface area contributed by atoms with Gasteiger partial charge < -0.3 is 9.64 Å². The van der Waals surface area contributed by atoms with Crippen molar-refractivity contribution in [3.8, 4) is 0 Å². The van der Waals surface area contributed by atoms with E-state index in [9.17, 15) is 9.59 Å². The van der Waals surface area contributed by atoms with Gasteiger partial charge in [0.2, 0.25) is 0 Å². The highest BCUT2D eigenvalue weighted by atomic mass is 16.6. The highest BCUT2D eigenvalue weighted by Gasteiger charge is 2.57. The Kier molecular flexibility index (Phi) is 3.71. The predicted molar refractivity (Wildman–Crippen MR) is 83.7 cm³/mol. The average Bonchev–Trinajstić information content (AvgIpc) is 3.19. The fourth-order valence-corrected chi connectivity index (χ4v) is 3.41. The molecule has 4 heteroatoms. The molecule has 0 aromatic heterocycles. The number of benzene rings is 1. The van der Waals surface area contributed by atoms with Crippen molar-refractivity contribution in [2.45, 2.75) is 32.8 Å². The van der Waals surface area contributed by atoms with Gasteiger partial charge in [0.05, 0.1) is 0 Å². The average molecular weight is 301 g/mol. The molecule has 1 aromatic carbocycles. The molecule has 1 heterocycles. The molecule has 0 spiro atoms. The summed E-state index contributed by atoms with van der Waals surface area (Å²) in [5.41, 5.74) is 0.308. The van der Waals surface area contributed by atoms with Gasteiger partial charge in [0.15, 0.2) is 5.78 Å². The number of Topliss-reactive ketones (excluding diaryl/α,β-unsaturated/α-hetero) is 1. The molecule has 0 unspecified atom stereocenters. The largest absolute Gasteiger partial charge is 0.444 e. The monoisotopic (exact) mass is 301 g/mol. The molecule has 0 radical (unpaired) electrons. The number of piperidine rings is 1. The Morgan fingerprint density at radius 3 is 2.45 bits per heavy atom. The second kappa shape index (κ2) is 5.41. The topological polar surface area (TPSA) is 46.6 Å². The predicted octanol–water partition coefficient (Wildman–Crippen LogP) is 3.37. The molecule has 0 N–H and O–H groups in total. The maximum atomic E-state index is 12.5. The Labute approximate surface area is 131 Å². The van der Waals surface area contributed by atoms with Crippen LogP contribution in [-0.2, 0) is 4.74 Å². The number of rotatable bonds is 2. The third kappa shape index (κ3) is 3.01. The van der Waals surface area contributed by atoms with E-state index in [1.54, 1.807) is 4.90 Å². The van der Waals surface area contributed by atoms with Crippen molar-refractivity contribution in [3.63, 3.8) is 0 Å². The second-order valence-corrected chi connectivity index (χ2v) is 7.30. The van der Waals surface area contributed by atoms with Gasteiger partial charge >= 0.3 is 6.09 Å². The molecule has 0 bridgehead atoms. The number of carbonyl (C=O) groups is 2. The van der Waals surface area contributed by atoms with Gasteiger partial charge in [0, 0.05) is 24.6 Å². The van der Waals surface area contributed by atoms with Crippen LogP contribution in [0.15, 0.2) is 30.3 Å². The summed E-state index contributed by atoms with van der Waals surface area (Å²) in [4.78, 5) is 26.4. The summed E-state index contributed by atoms with van der Waals surface area (Å²) in [5.74, 6) is 1.04. The first-order valence-electron chi connectivity index (χ1n) is 7.94. The van der Waals surface area contributed by atoms with Crippen molar-refractivity contribution < 1.29 is 14.3 Å². The molecular formula is C18H23NO3. The highest BCUT2D eigenvalue weighted by molar-refractivity contribution is 6.00. The van der Waals surface area contributed by atoms with E-state index in [1.165, 1.54) is 0 Å². The van der Waals surface area contributed by atoms with Gasteiger partial charge in [0.1, 0.15) is 5.60 Å². The van der Waals surface area contributed by atoms with E-state index < -0.39 is 5.60 Å². The first-order valence-corrected chi connectivity index (χ1v) is 7.94. The van der Waals surface area contributed by atoms with E-state index in [2.05, 4.69) is 0 Å². The van der Waals surface area contributed by atoms with Crippen LogP contribution >= 0.6 is 0 Å². The maximum Gasteiger partial charge on any atom is 0.410 e. The van der Waals surface area contributed by atoms with Crippen LogP contribution in [0.3, 0.4) is 0 Å². The summed E-state index contributed by atoms with van der Waals surface area (Å²) < 4.78 is 5.43. The molecule has 3 rings (SSSR count). The van der Waals surface area contributed by atoms with Gasteiger partial charge in [-0.2, -0.15) is 0 Å². The van der Waals surface area contributed by atoms with Crippen LogP contribution in [0.4, 0.5) is 4.79 Å². The Balaban J connectivity index is 1.61. The van der Waals surface area contributed by atoms with Crippen molar-refractivity contribution in [1.29, 1.82) is 0 Å².